The van der Waals surface area contributed by atoms with Gasteiger partial charge in [0.15, 0.2) is 0 Å². The van der Waals surface area contributed by atoms with E-state index in [0.717, 1.165) is 5.12 Å². The molecule has 1 amide bonds. The second-order valence-electron chi connectivity index (χ2n) is 5.32. The summed E-state index contributed by atoms with van der Waals surface area (Å²) >= 11 is 0. The van der Waals surface area contributed by atoms with Gasteiger partial charge < -0.3 is 9.84 Å². The molecule has 0 bridgehead atoms. The lowest BCUT2D eigenvalue weighted by molar-refractivity contribution is -0.287. The third-order valence-corrected chi connectivity index (χ3v) is 3.98. The zero-order valence-corrected chi connectivity index (χ0v) is 13.4. The van der Waals surface area contributed by atoms with E-state index in [2.05, 4.69) is 10.2 Å². The van der Waals surface area contributed by atoms with Crippen molar-refractivity contribution in [1.29, 1.82) is 0 Å². The molecule has 1 unspecified atom stereocenters. The topological polar surface area (TPSA) is 118 Å². The number of carbonyl (C=O) groups excluding carboxylic acids is 2. The fourth-order valence-electron chi connectivity index (χ4n) is 2.94. The fourth-order valence-corrected chi connectivity index (χ4v) is 2.94. The standard InChI is InChI=1S/C15H17N5O5/c1-2-25-13(22)9-18-12-6-4-3-5-11(12)15(10-21,14(18)23)19-16-7-8-17-20(19)24/h3-8,21,24H,2,9-10H2,1H3. The Balaban J connectivity index is 2.08. The summed E-state index contributed by atoms with van der Waals surface area (Å²) in [6.45, 7) is 0.840. The van der Waals surface area contributed by atoms with Gasteiger partial charge in [-0.15, -0.1) is 10.2 Å². The van der Waals surface area contributed by atoms with Gasteiger partial charge >= 0.3 is 5.97 Å². The van der Waals surface area contributed by atoms with Gasteiger partial charge in [0.2, 0.25) is 5.54 Å². The van der Waals surface area contributed by atoms with Crippen LogP contribution in [0.5, 0.6) is 0 Å². The lowest BCUT2D eigenvalue weighted by Gasteiger charge is -2.38. The van der Waals surface area contributed by atoms with Crippen LogP contribution in [-0.2, 0) is 19.9 Å². The highest BCUT2D eigenvalue weighted by Gasteiger charge is 2.57. The normalized spacial score (nSPS) is 21.7. The highest BCUT2D eigenvalue weighted by Crippen LogP contribution is 2.44. The number of amides is 1. The maximum absolute atomic E-state index is 13.2. The van der Waals surface area contributed by atoms with Gasteiger partial charge in [0.05, 0.1) is 31.3 Å². The van der Waals surface area contributed by atoms with Crippen LogP contribution < -0.4 is 4.90 Å². The van der Waals surface area contributed by atoms with Crippen molar-refractivity contribution in [2.75, 3.05) is 24.7 Å². The highest BCUT2D eigenvalue weighted by molar-refractivity contribution is 6.16. The first-order valence-corrected chi connectivity index (χ1v) is 7.60. The van der Waals surface area contributed by atoms with Crippen molar-refractivity contribution >= 4 is 30.0 Å². The lowest BCUT2D eigenvalue weighted by atomic mass is 9.92. The van der Waals surface area contributed by atoms with Gasteiger partial charge in [-0.25, -0.2) is 0 Å². The van der Waals surface area contributed by atoms with E-state index in [1.54, 1.807) is 31.2 Å². The van der Waals surface area contributed by atoms with Crippen LogP contribution in [-0.4, -0.2) is 64.8 Å². The Kier molecular flexibility index (Phi) is 4.38. The molecular formula is C15H17N5O5. The number of carbonyl (C=O) groups is 2. The molecule has 2 heterocycles. The molecule has 0 radical (unpaired) electrons. The molecule has 0 aliphatic carbocycles. The Hall–Kier alpha value is -2.98. The summed E-state index contributed by atoms with van der Waals surface area (Å²) < 4.78 is 4.91. The number of aliphatic hydroxyl groups is 1. The van der Waals surface area contributed by atoms with E-state index in [9.17, 15) is 19.9 Å². The van der Waals surface area contributed by atoms with Crippen LogP contribution in [0.25, 0.3) is 0 Å². The number of rotatable bonds is 5. The Morgan fingerprint density at radius 3 is 2.68 bits per heavy atom. The third kappa shape index (κ3) is 2.51. The monoisotopic (exact) mass is 347 g/mol. The number of aliphatic hydroxyl groups excluding tert-OH is 1. The summed E-state index contributed by atoms with van der Waals surface area (Å²) in [5, 5.41) is 28.9. The minimum absolute atomic E-state index is 0.184. The van der Waals surface area contributed by atoms with Gasteiger partial charge in [-0.1, -0.05) is 23.5 Å². The van der Waals surface area contributed by atoms with E-state index >= 15 is 0 Å². The molecule has 0 saturated heterocycles. The van der Waals surface area contributed by atoms with Crippen molar-refractivity contribution in [2.24, 2.45) is 10.2 Å². The number of anilines is 1. The van der Waals surface area contributed by atoms with Crippen molar-refractivity contribution in [3.05, 3.63) is 29.8 Å². The van der Waals surface area contributed by atoms with Gasteiger partial charge in [-0.05, 0) is 13.0 Å². The van der Waals surface area contributed by atoms with Crippen molar-refractivity contribution < 1.29 is 24.6 Å². The van der Waals surface area contributed by atoms with E-state index in [1.807, 2.05) is 0 Å². The van der Waals surface area contributed by atoms with Gasteiger partial charge in [0.1, 0.15) is 6.54 Å². The molecule has 132 valence electrons. The molecule has 0 spiro atoms. The van der Waals surface area contributed by atoms with Crippen molar-refractivity contribution in [3.63, 3.8) is 0 Å². The van der Waals surface area contributed by atoms with E-state index < -0.39 is 24.0 Å². The largest absolute Gasteiger partial charge is 0.465 e. The predicted octanol–water partition coefficient (Wildman–Crippen LogP) is -0.323. The number of benzene rings is 1. The first kappa shape index (κ1) is 16.9. The van der Waals surface area contributed by atoms with Crippen molar-refractivity contribution in [1.82, 2.24) is 10.4 Å². The number of hydrazine groups is 1. The summed E-state index contributed by atoms with van der Waals surface area (Å²) in [6.07, 6.45) is 2.50. The van der Waals surface area contributed by atoms with Crippen LogP contribution in [0.1, 0.15) is 12.5 Å². The summed E-state index contributed by atoms with van der Waals surface area (Å²) in [7, 11) is 0. The molecule has 0 fully saturated rings. The predicted molar refractivity (Wildman–Crippen MR) is 86.6 cm³/mol. The molecule has 0 aromatic heterocycles. The number of hydrogen-bond acceptors (Lipinski definition) is 9. The molecular weight excluding hydrogens is 330 g/mol. The Bertz CT molecular complexity index is 752. The minimum Gasteiger partial charge on any atom is -0.465 e. The Morgan fingerprint density at radius 2 is 2.00 bits per heavy atom. The first-order valence-electron chi connectivity index (χ1n) is 7.60. The zero-order valence-electron chi connectivity index (χ0n) is 13.4. The summed E-state index contributed by atoms with van der Waals surface area (Å²) in [6, 6.07) is 6.65. The molecule has 10 heteroatoms. The average Bonchev–Trinajstić information content (AvgIpc) is 2.85. The quantitative estimate of drug-likeness (QED) is 0.701. The number of ether oxygens (including phenoxy) is 1. The molecule has 3 rings (SSSR count). The molecule has 1 aromatic rings. The molecule has 2 aliphatic rings. The second-order valence-corrected chi connectivity index (χ2v) is 5.32. The molecule has 2 aliphatic heterocycles. The molecule has 2 N–H and O–H groups in total. The van der Waals surface area contributed by atoms with Crippen LogP contribution in [0.3, 0.4) is 0 Å². The van der Waals surface area contributed by atoms with Crippen LogP contribution >= 0.6 is 0 Å². The SMILES string of the molecule is CCOC(=O)CN1C(=O)C(CO)(N2N=CC=NN2O)c2ccccc21. The van der Waals surface area contributed by atoms with Crippen LogP contribution in [0.4, 0.5) is 5.69 Å². The van der Waals surface area contributed by atoms with E-state index in [0.29, 0.717) is 16.5 Å². The number of hydrogen-bond donors (Lipinski definition) is 2. The average molecular weight is 347 g/mol. The van der Waals surface area contributed by atoms with E-state index in [4.69, 9.17) is 4.74 Å². The molecule has 10 nitrogen and oxygen atoms in total. The van der Waals surface area contributed by atoms with E-state index in [1.165, 1.54) is 17.3 Å². The maximum Gasteiger partial charge on any atom is 0.326 e. The highest BCUT2D eigenvalue weighted by atomic mass is 16.6. The number of nitrogens with zero attached hydrogens (tertiary/aromatic N) is 5. The number of para-hydroxylation sites is 1. The Morgan fingerprint density at radius 1 is 1.28 bits per heavy atom. The second kappa shape index (κ2) is 6.49. The van der Waals surface area contributed by atoms with Crippen molar-refractivity contribution in [2.45, 2.75) is 12.5 Å². The Labute approximate surface area is 143 Å². The first-order chi connectivity index (χ1) is 12.1. The van der Waals surface area contributed by atoms with Crippen LogP contribution in [0.2, 0.25) is 0 Å². The van der Waals surface area contributed by atoms with Crippen LogP contribution in [0, 0.1) is 0 Å². The third-order valence-electron chi connectivity index (χ3n) is 3.98. The van der Waals surface area contributed by atoms with Gasteiger partial charge in [-0.3, -0.25) is 19.7 Å². The molecule has 25 heavy (non-hydrogen) atoms. The number of fused-ring (bicyclic) bond motifs is 1. The number of hydrazone groups is 2. The molecule has 0 saturated carbocycles. The maximum atomic E-state index is 13.2. The van der Waals surface area contributed by atoms with E-state index in [-0.39, 0.29) is 13.2 Å². The van der Waals surface area contributed by atoms with Gasteiger partial charge in [-0.2, -0.15) is 5.10 Å². The van der Waals surface area contributed by atoms with Crippen molar-refractivity contribution in [3.8, 4) is 0 Å². The lowest BCUT2D eigenvalue weighted by Crippen LogP contribution is -2.58. The molecule has 1 aromatic carbocycles. The fraction of sp³-hybridized carbons (Fsp3) is 0.333. The summed E-state index contributed by atoms with van der Waals surface area (Å²) in [4.78, 5) is 26.2. The summed E-state index contributed by atoms with van der Waals surface area (Å²) in [5.74, 6) is -1.21. The van der Waals surface area contributed by atoms with Gasteiger partial charge in [0.25, 0.3) is 5.91 Å². The molecule has 1 atom stereocenters. The zero-order chi connectivity index (χ0) is 18.0. The smallest absolute Gasteiger partial charge is 0.326 e. The van der Waals surface area contributed by atoms with Gasteiger partial charge in [0, 0.05) is 5.56 Å². The number of esters is 1. The van der Waals surface area contributed by atoms with Crippen LogP contribution in [0.15, 0.2) is 34.5 Å². The minimum atomic E-state index is -1.74. The summed E-state index contributed by atoms with van der Waals surface area (Å²) in [5.41, 5.74) is -0.931.